The lowest BCUT2D eigenvalue weighted by molar-refractivity contribution is -0.126. The number of amides is 1. The predicted octanol–water partition coefficient (Wildman–Crippen LogP) is 3.65. The molecule has 3 aromatic rings. The van der Waals surface area contributed by atoms with Crippen LogP contribution >= 0.6 is 22.7 Å². The Morgan fingerprint density at radius 2 is 1.93 bits per heavy atom. The van der Waals surface area contributed by atoms with E-state index in [0.29, 0.717) is 18.8 Å². The minimum atomic E-state index is -0.0175. The van der Waals surface area contributed by atoms with Gasteiger partial charge in [0.2, 0.25) is 11.0 Å². The Kier molecular flexibility index (Phi) is 6.29. The van der Waals surface area contributed by atoms with Crippen LogP contribution in [0.15, 0.2) is 41.8 Å². The fourth-order valence-electron chi connectivity index (χ4n) is 3.20. The van der Waals surface area contributed by atoms with Crippen molar-refractivity contribution in [3.8, 4) is 21.4 Å². The summed E-state index contributed by atoms with van der Waals surface area (Å²) in [5, 5.41) is 12.5. The summed E-state index contributed by atoms with van der Waals surface area (Å²) in [5.74, 6) is 1.40. The SMILES string of the molecule is COc1ccc(OC)c(/C=C/C(=O)N2CCN(c3nnc(-c4cccs4)s3)CC2)c1. The van der Waals surface area contributed by atoms with E-state index in [1.165, 1.54) is 0 Å². The van der Waals surface area contributed by atoms with Gasteiger partial charge in [-0.2, -0.15) is 0 Å². The van der Waals surface area contributed by atoms with Crippen LogP contribution in [0, 0.1) is 0 Å². The third-order valence-electron chi connectivity index (χ3n) is 4.85. The van der Waals surface area contributed by atoms with Crippen LogP contribution in [0.2, 0.25) is 0 Å². The second-order valence-electron chi connectivity index (χ2n) is 6.62. The molecule has 2 aromatic heterocycles. The van der Waals surface area contributed by atoms with E-state index < -0.39 is 0 Å². The first kappa shape index (κ1) is 20.4. The predicted molar refractivity (Wildman–Crippen MR) is 121 cm³/mol. The van der Waals surface area contributed by atoms with Crippen LogP contribution in [-0.2, 0) is 4.79 Å². The molecule has 3 heterocycles. The molecule has 30 heavy (non-hydrogen) atoms. The molecule has 0 bridgehead atoms. The fraction of sp³-hybridized carbons (Fsp3) is 0.286. The quantitative estimate of drug-likeness (QED) is 0.543. The molecule has 156 valence electrons. The Balaban J connectivity index is 1.36. The highest BCUT2D eigenvalue weighted by Crippen LogP contribution is 2.32. The first-order chi connectivity index (χ1) is 14.7. The Hall–Kier alpha value is -2.91. The van der Waals surface area contributed by atoms with Crippen molar-refractivity contribution in [1.29, 1.82) is 0 Å². The number of rotatable bonds is 6. The van der Waals surface area contributed by atoms with Gasteiger partial charge in [-0.1, -0.05) is 17.4 Å². The molecule has 0 spiro atoms. The van der Waals surface area contributed by atoms with Crippen LogP contribution in [0.1, 0.15) is 5.56 Å². The maximum Gasteiger partial charge on any atom is 0.246 e. The van der Waals surface area contributed by atoms with Crippen molar-refractivity contribution in [3.63, 3.8) is 0 Å². The number of piperazine rings is 1. The Morgan fingerprint density at radius 3 is 2.63 bits per heavy atom. The zero-order chi connectivity index (χ0) is 20.9. The van der Waals surface area contributed by atoms with Crippen molar-refractivity contribution in [1.82, 2.24) is 15.1 Å². The largest absolute Gasteiger partial charge is 0.497 e. The van der Waals surface area contributed by atoms with E-state index in [-0.39, 0.29) is 5.91 Å². The van der Waals surface area contributed by atoms with Crippen LogP contribution in [-0.4, -0.2) is 61.4 Å². The smallest absolute Gasteiger partial charge is 0.246 e. The van der Waals surface area contributed by atoms with E-state index in [0.717, 1.165) is 39.4 Å². The highest BCUT2D eigenvalue weighted by molar-refractivity contribution is 7.22. The maximum atomic E-state index is 12.7. The van der Waals surface area contributed by atoms with Crippen molar-refractivity contribution in [2.24, 2.45) is 0 Å². The molecule has 1 amide bonds. The number of ether oxygens (including phenoxy) is 2. The molecule has 0 atom stereocenters. The van der Waals surface area contributed by atoms with E-state index in [1.54, 1.807) is 49.0 Å². The molecule has 0 aliphatic carbocycles. The van der Waals surface area contributed by atoms with Gasteiger partial charge in [0, 0.05) is 37.8 Å². The van der Waals surface area contributed by atoms with E-state index in [4.69, 9.17) is 9.47 Å². The van der Waals surface area contributed by atoms with Gasteiger partial charge in [-0.25, -0.2) is 0 Å². The lowest BCUT2D eigenvalue weighted by atomic mass is 10.1. The van der Waals surface area contributed by atoms with Crippen molar-refractivity contribution < 1.29 is 14.3 Å². The Labute approximate surface area is 183 Å². The number of carbonyl (C=O) groups is 1. The fourth-order valence-corrected chi connectivity index (χ4v) is 4.89. The zero-order valence-electron chi connectivity index (χ0n) is 16.8. The summed E-state index contributed by atoms with van der Waals surface area (Å²) in [4.78, 5) is 17.8. The van der Waals surface area contributed by atoms with Crippen LogP contribution in [0.5, 0.6) is 11.5 Å². The van der Waals surface area contributed by atoms with Gasteiger partial charge in [0.1, 0.15) is 11.5 Å². The normalized spacial score (nSPS) is 14.3. The van der Waals surface area contributed by atoms with E-state index in [1.807, 2.05) is 34.5 Å². The van der Waals surface area contributed by atoms with Crippen molar-refractivity contribution in [2.75, 3.05) is 45.3 Å². The maximum absolute atomic E-state index is 12.7. The zero-order valence-corrected chi connectivity index (χ0v) is 18.4. The van der Waals surface area contributed by atoms with Gasteiger partial charge in [-0.05, 0) is 35.7 Å². The Bertz CT molecular complexity index is 1020. The number of nitrogens with zero attached hydrogens (tertiary/aromatic N) is 4. The van der Waals surface area contributed by atoms with Gasteiger partial charge in [-0.3, -0.25) is 4.79 Å². The summed E-state index contributed by atoms with van der Waals surface area (Å²) < 4.78 is 10.6. The number of thiophene rings is 1. The minimum absolute atomic E-state index is 0.0175. The number of benzene rings is 1. The number of methoxy groups -OCH3 is 2. The molecule has 1 saturated heterocycles. The number of aromatic nitrogens is 2. The van der Waals surface area contributed by atoms with E-state index in [9.17, 15) is 4.79 Å². The number of anilines is 1. The molecule has 0 unspecified atom stereocenters. The van der Waals surface area contributed by atoms with Gasteiger partial charge in [0.15, 0.2) is 5.01 Å². The van der Waals surface area contributed by atoms with Gasteiger partial charge in [0.05, 0.1) is 19.1 Å². The van der Waals surface area contributed by atoms with E-state index in [2.05, 4.69) is 21.2 Å². The van der Waals surface area contributed by atoms with Crippen LogP contribution in [0.3, 0.4) is 0 Å². The average Bonchev–Trinajstić information content (AvgIpc) is 3.49. The third kappa shape index (κ3) is 4.47. The van der Waals surface area contributed by atoms with E-state index >= 15 is 0 Å². The average molecular weight is 443 g/mol. The number of hydrogen-bond acceptors (Lipinski definition) is 8. The molecular weight excluding hydrogens is 420 g/mol. The first-order valence-corrected chi connectivity index (χ1v) is 11.2. The molecule has 0 N–H and O–H groups in total. The van der Waals surface area contributed by atoms with Crippen LogP contribution in [0.25, 0.3) is 16.0 Å². The second kappa shape index (κ2) is 9.27. The third-order valence-corrected chi connectivity index (χ3v) is 6.87. The highest BCUT2D eigenvalue weighted by Gasteiger charge is 2.22. The summed E-state index contributed by atoms with van der Waals surface area (Å²) in [5.41, 5.74) is 0.804. The van der Waals surface area contributed by atoms with Gasteiger partial charge >= 0.3 is 0 Å². The highest BCUT2D eigenvalue weighted by atomic mass is 32.1. The molecule has 1 aliphatic heterocycles. The van der Waals surface area contributed by atoms with Crippen molar-refractivity contribution in [2.45, 2.75) is 0 Å². The molecule has 1 aliphatic rings. The molecule has 1 aromatic carbocycles. The molecule has 0 radical (unpaired) electrons. The summed E-state index contributed by atoms with van der Waals surface area (Å²) in [6, 6.07) is 9.57. The summed E-state index contributed by atoms with van der Waals surface area (Å²) in [6.45, 7) is 2.76. The number of carbonyl (C=O) groups excluding carboxylic acids is 1. The molecule has 4 rings (SSSR count). The summed E-state index contributed by atoms with van der Waals surface area (Å²) >= 11 is 3.25. The van der Waals surface area contributed by atoms with Crippen molar-refractivity contribution >= 4 is 39.8 Å². The standard InChI is InChI=1S/C21H22N4O3S2/c1-27-16-6-7-17(28-2)15(14-16)5-8-19(26)24-9-11-25(12-10-24)21-23-22-20(30-21)18-4-3-13-29-18/h3-8,13-14H,9-12H2,1-2H3/b8-5+. The lowest BCUT2D eigenvalue weighted by Gasteiger charge is -2.33. The number of hydrogen-bond donors (Lipinski definition) is 0. The molecular formula is C21H22N4O3S2. The molecule has 9 heteroatoms. The minimum Gasteiger partial charge on any atom is -0.497 e. The summed E-state index contributed by atoms with van der Waals surface area (Å²) in [6.07, 6.45) is 3.36. The first-order valence-electron chi connectivity index (χ1n) is 9.49. The van der Waals surface area contributed by atoms with Crippen molar-refractivity contribution in [3.05, 3.63) is 47.4 Å². The topological polar surface area (TPSA) is 67.8 Å². The van der Waals surface area contributed by atoms with Gasteiger partial charge in [0.25, 0.3) is 0 Å². The van der Waals surface area contributed by atoms with Crippen LogP contribution < -0.4 is 14.4 Å². The molecule has 1 fully saturated rings. The second-order valence-corrected chi connectivity index (χ2v) is 8.52. The lowest BCUT2D eigenvalue weighted by Crippen LogP contribution is -2.48. The Morgan fingerprint density at radius 1 is 1.10 bits per heavy atom. The summed E-state index contributed by atoms with van der Waals surface area (Å²) in [7, 11) is 3.22. The van der Waals surface area contributed by atoms with Crippen LogP contribution in [0.4, 0.5) is 5.13 Å². The molecule has 0 saturated carbocycles. The monoisotopic (exact) mass is 442 g/mol. The molecule has 7 nitrogen and oxygen atoms in total. The van der Waals surface area contributed by atoms with Gasteiger partial charge < -0.3 is 19.3 Å². The van der Waals surface area contributed by atoms with Gasteiger partial charge in [-0.15, -0.1) is 21.5 Å².